The van der Waals surface area contributed by atoms with Crippen LogP contribution in [0.25, 0.3) is 19.5 Å². The van der Waals surface area contributed by atoms with Crippen LogP contribution in [-0.4, -0.2) is 12.6 Å². The van der Waals surface area contributed by atoms with Gasteiger partial charge in [-0.3, -0.25) is 4.79 Å². The summed E-state index contributed by atoms with van der Waals surface area (Å²) in [6.07, 6.45) is 7.42. The summed E-state index contributed by atoms with van der Waals surface area (Å²) >= 11 is 5.24. The summed E-state index contributed by atoms with van der Waals surface area (Å²) in [5.41, 5.74) is 1.09. The van der Waals surface area contributed by atoms with Gasteiger partial charge in [0.05, 0.1) is 13.0 Å². The van der Waals surface area contributed by atoms with Gasteiger partial charge in [0.25, 0.3) is 0 Å². The Balaban J connectivity index is 1.31. The Morgan fingerprint density at radius 1 is 1.04 bits per heavy atom. The molecule has 138 valence electrons. The van der Waals surface area contributed by atoms with Crippen LogP contribution < -0.4 is 0 Å². The summed E-state index contributed by atoms with van der Waals surface area (Å²) in [6.45, 7) is 0.570. The summed E-state index contributed by atoms with van der Waals surface area (Å²) in [6, 6.07) is 10.6. The zero-order chi connectivity index (χ0) is 18.2. The van der Waals surface area contributed by atoms with E-state index < -0.39 is 0 Å². The minimum atomic E-state index is -0.102. The first-order valence-electron chi connectivity index (χ1n) is 9.30. The van der Waals surface area contributed by atoms with Gasteiger partial charge in [0, 0.05) is 19.5 Å². The van der Waals surface area contributed by atoms with E-state index in [1.165, 1.54) is 32.4 Å². The molecule has 27 heavy (non-hydrogen) atoms. The van der Waals surface area contributed by atoms with Gasteiger partial charge in [0.15, 0.2) is 0 Å². The lowest BCUT2D eigenvalue weighted by Crippen LogP contribution is -2.18. The second-order valence-corrected chi connectivity index (χ2v) is 10.3. The highest BCUT2D eigenvalue weighted by Crippen LogP contribution is 2.44. The Morgan fingerprint density at radius 3 is 2.52 bits per heavy atom. The van der Waals surface area contributed by atoms with E-state index in [2.05, 4.69) is 53.2 Å². The van der Waals surface area contributed by atoms with Crippen LogP contribution in [0.5, 0.6) is 0 Å². The number of hydrogen-bond acceptors (Lipinski definition) is 5. The maximum Gasteiger partial charge on any atom is 0.310 e. The van der Waals surface area contributed by atoms with Gasteiger partial charge in [0.1, 0.15) is 0 Å². The van der Waals surface area contributed by atoms with Gasteiger partial charge >= 0.3 is 5.97 Å². The van der Waals surface area contributed by atoms with E-state index in [1.54, 1.807) is 34.0 Å². The maximum atomic E-state index is 12.6. The fourth-order valence-corrected chi connectivity index (χ4v) is 7.10. The Kier molecular flexibility index (Phi) is 4.76. The van der Waals surface area contributed by atoms with Crippen LogP contribution in [0.1, 0.15) is 18.4 Å². The van der Waals surface area contributed by atoms with Crippen molar-refractivity contribution in [3.8, 4) is 19.5 Å². The molecule has 5 rings (SSSR count). The molecule has 0 N–H and O–H groups in total. The van der Waals surface area contributed by atoms with Gasteiger partial charge in [-0.2, -0.15) is 0 Å². The molecule has 0 amide bonds. The van der Waals surface area contributed by atoms with Crippen LogP contribution in [0.3, 0.4) is 0 Å². The minimum absolute atomic E-state index is 0.102. The molecule has 1 fully saturated rings. The van der Waals surface area contributed by atoms with E-state index in [9.17, 15) is 4.79 Å². The van der Waals surface area contributed by atoms with E-state index >= 15 is 0 Å². The third kappa shape index (κ3) is 3.56. The maximum absolute atomic E-state index is 12.6. The highest BCUT2D eigenvalue weighted by atomic mass is 32.1. The fourth-order valence-electron chi connectivity index (χ4n) is 4.21. The molecule has 2 nitrogen and oxygen atoms in total. The molecule has 3 heterocycles. The van der Waals surface area contributed by atoms with Crippen LogP contribution in [0.2, 0.25) is 0 Å². The topological polar surface area (TPSA) is 26.3 Å². The van der Waals surface area contributed by atoms with Crippen molar-refractivity contribution in [2.24, 2.45) is 17.8 Å². The van der Waals surface area contributed by atoms with Gasteiger partial charge in [-0.25, -0.2) is 0 Å². The van der Waals surface area contributed by atoms with Crippen molar-refractivity contribution in [3.05, 3.63) is 58.8 Å². The lowest BCUT2D eigenvalue weighted by molar-refractivity contribution is -0.144. The van der Waals surface area contributed by atoms with Crippen molar-refractivity contribution < 1.29 is 9.53 Å². The number of hydrogen-bond donors (Lipinski definition) is 0. The van der Waals surface area contributed by atoms with Gasteiger partial charge in [-0.15, -0.1) is 34.0 Å². The second kappa shape index (κ2) is 7.38. The molecule has 3 aromatic heterocycles. The number of fused-ring (bicyclic) bond motifs is 2. The first-order valence-corrected chi connectivity index (χ1v) is 11.9. The fraction of sp³-hybridized carbons (Fsp3) is 0.318. The Morgan fingerprint density at radius 2 is 1.85 bits per heavy atom. The highest BCUT2D eigenvalue weighted by molar-refractivity contribution is 7.26. The van der Waals surface area contributed by atoms with Crippen LogP contribution in [0.15, 0.2) is 53.2 Å². The number of rotatable bonds is 6. The lowest BCUT2D eigenvalue weighted by atomic mass is 9.95. The molecule has 0 radical (unpaired) electrons. The number of carbonyl (C=O) groups excluding carboxylic acids is 1. The third-order valence-electron chi connectivity index (χ3n) is 5.53. The first kappa shape index (κ1) is 17.4. The molecular weight excluding hydrogens is 392 g/mol. The molecule has 2 bridgehead atoms. The third-order valence-corrected chi connectivity index (χ3v) is 8.82. The van der Waals surface area contributed by atoms with Gasteiger partial charge < -0.3 is 4.74 Å². The Hall–Kier alpha value is -1.69. The van der Waals surface area contributed by atoms with E-state index in [0.29, 0.717) is 24.9 Å². The predicted octanol–water partition coefficient (Wildman–Crippen LogP) is 6.50. The molecular formula is C22H20O2S3. The van der Waals surface area contributed by atoms with Crippen molar-refractivity contribution in [2.45, 2.75) is 19.3 Å². The molecule has 2 aliphatic rings. The van der Waals surface area contributed by atoms with E-state index in [0.717, 1.165) is 11.5 Å². The summed E-state index contributed by atoms with van der Waals surface area (Å²) < 4.78 is 5.69. The average molecular weight is 413 g/mol. The van der Waals surface area contributed by atoms with Crippen molar-refractivity contribution >= 4 is 40.0 Å². The molecule has 1 saturated carbocycles. The summed E-state index contributed by atoms with van der Waals surface area (Å²) in [5, 5.41) is 4.18. The highest BCUT2D eigenvalue weighted by Gasteiger charge is 2.36. The minimum Gasteiger partial charge on any atom is -0.465 e. The van der Waals surface area contributed by atoms with Crippen LogP contribution >= 0.6 is 34.0 Å². The smallest absolute Gasteiger partial charge is 0.310 e. The normalized spacial score (nSPS) is 23.2. The van der Waals surface area contributed by atoms with Crippen LogP contribution in [0.4, 0.5) is 0 Å². The lowest BCUT2D eigenvalue weighted by Gasteiger charge is -2.17. The SMILES string of the molecule is O=C(Cc1cc(-c2cccs2)sc1-c1cccs1)OCC1CC2C=CC1C2. The standard InChI is InChI=1S/C22H20O2S3/c23-21(24-13-17-10-14-5-6-15(17)9-14)12-16-11-20(18-3-1-7-25-18)27-22(16)19-4-2-8-26-19/h1-8,11,14-15,17H,9-10,12-13H2. The quantitative estimate of drug-likeness (QED) is 0.341. The van der Waals surface area contributed by atoms with E-state index in [1.807, 2.05) is 0 Å². The van der Waals surface area contributed by atoms with Gasteiger partial charge in [-0.1, -0.05) is 24.3 Å². The zero-order valence-electron chi connectivity index (χ0n) is 14.8. The monoisotopic (exact) mass is 412 g/mol. The number of carbonyl (C=O) groups is 1. The summed E-state index contributed by atoms with van der Waals surface area (Å²) in [7, 11) is 0. The van der Waals surface area contributed by atoms with Gasteiger partial charge in [-0.05, 0) is 65.1 Å². The summed E-state index contributed by atoms with van der Waals surface area (Å²) in [4.78, 5) is 17.5. The average Bonchev–Trinajstić information content (AvgIpc) is 3.49. The molecule has 0 aliphatic heterocycles. The van der Waals surface area contributed by atoms with Gasteiger partial charge in [0.2, 0.25) is 0 Å². The second-order valence-electron chi connectivity index (χ2n) is 7.32. The van der Waals surface area contributed by atoms with Crippen molar-refractivity contribution in [2.75, 3.05) is 6.61 Å². The Bertz CT molecular complexity index is 950. The predicted molar refractivity (Wildman–Crippen MR) is 114 cm³/mol. The number of allylic oxidation sites excluding steroid dienone is 2. The molecule has 0 aromatic carbocycles. The molecule has 3 aromatic rings. The largest absolute Gasteiger partial charge is 0.465 e. The molecule has 2 aliphatic carbocycles. The molecule has 3 unspecified atom stereocenters. The van der Waals surface area contributed by atoms with Crippen LogP contribution in [-0.2, 0) is 16.0 Å². The van der Waals surface area contributed by atoms with E-state index in [4.69, 9.17) is 4.74 Å². The van der Waals surface area contributed by atoms with Crippen LogP contribution in [0, 0.1) is 17.8 Å². The molecule has 0 spiro atoms. The van der Waals surface area contributed by atoms with Crippen molar-refractivity contribution in [3.63, 3.8) is 0 Å². The molecule has 3 atom stereocenters. The summed E-state index contributed by atoms with van der Waals surface area (Å²) in [5.74, 6) is 1.75. The number of esters is 1. The Labute approximate surface area is 171 Å². The zero-order valence-corrected chi connectivity index (χ0v) is 17.2. The van der Waals surface area contributed by atoms with E-state index in [-0.39, 0.29) is 5.97 Å². The molecule has 0 saturated heterocycles. The van der Waals surface area contributed by atoms with Crippen molar-refractivity contribution in [1.82, 2.24) is 0 Å². The molecule has 5 heteroatoms. The van der Waals surface area contributed by atoms with Crippen molar-refractivity contribution in [1.29, 1.82) is 0 Å². The number of ether oxygens (including phenoxy) is 1. The number of thiophene rings is 3. The first-order chi connectivity index (χ1) is 13.3.